The molecule has 94 valence electrons. The molecule has 0 radical (unpaired) electrons. The predicted octanol–water partition coefficient (Wildman–Crippen LogP) is 2.09. The Balaban J connectivity index is 1.95. The molecule has 1 unspecified atom stereocenters. The lowest BCUT2D eigenvalue weighted by molar-refractivity contribution is 0.0940. The minimum Gasteiger partial charge on any atom is -0.384 e. The van der Waals surface area contributed by atoms with Crippen molar-refractivity contribution in [2.24, 2.45) is 0 Å². The number of anilines is 1. The highest BCUT2D eigenvalue weighted by Gasteiger charge is 2.10. The van der Waals surface area contributed by atoms with Gasteiger partial charge in [-0.25, -0.2) is 4.98 Å². The summed E-state index contributed by atoms with van der Waals surface area (Å²) in [6.45, 7) is 1.99. The number of carbonyl (C=O) groups excluding carboxylic acids is 1. The van der Waals surface area contributed by atoms with Crippen LogP contribution >= 0.6 is 11.3 Å². The van der Waals surface area contributed by atoms with Crippen LogP contribution in [-0.4, -0.2) is 16.9 Å². The molecule has 2 aromatic heterocycles. The van der Waals surface area contributed by atoms with E-state index in [1.165, 1.54) is 11.8 Å². The first-order valence-electron chi connectivity index (χ1n) is 5.68. The highest BCUT2D eigenvalue weighted by atomic mass is 32.1. The number of carbonyl (C=O) groups is 1. The predicted molar refractivity (Wildman–Crippen MR) is 73.6 cm³/mol. The van der Waals surface area contributed by atoms with Gasteiger partial charge >= 0.3 is 0 Å². The van der Waals surface area contributed by atoms with Gasteiger partial charge in [-0.2, -0.15) is 11.3 Å². The van der Waals surface area contributed by atoms with Gasteiger partial charge in [0.2, 0.25) is 0 Å². The average Bonchev–Trinajstić information content (AvgIpc) is 2.81. The van der Waals surface area contributed by atoms with E-state index >= 15 is 0 Å². The molecular formula is C13H15N3OS. The van der Waals surface area contributed by atoms with Crippen LogP contribution in [-0.2, 0) is 6.42 Å². The first-order valence-corrected chi connectivity index (χ1v) is 6.63. The van der Waals surface area contributed by atoms with E-state index in [-0.39, 0.29) is 11.9 Å². The Labute approximate surface area is 110 Å². The molecule has 1 atom stereocenters. The van der Waals surface area contributed by atoms with Crippen LogP contribution in [0.5, 0.6) is 0 Å². The number of hydrogen-bond donors (Lipinski definition) is 2. The summed E-state index contributed by atoms with van der Waals surface area (Å²) >= 11 is 1.66. The van der Waals surface area contributed by atoms with Crippen molar-refractivity contribution in [2.75, 3.05) is 5.73 Å². The Morgan fingerprint density at radius 3 is 3.06 bits per heavy atom. The zero-order chi connectivity index (χ0) is 13.0. The lowest BCUT2D eigenvalue weighted by Crippen LogP contribution is -2.34. The second kappa shape index (κ2) is 5.64. The minimum atomic E-state index is -0.119. The average molecular weight is 261 g/mol. The molecule has 18 heavy (non-hydrogen) atoms. The number of pyridine rings is 1. The van der Waals surface area contributed by atoms with Gasteiger partial charge in [0.05, 0.1) is 0 Å². The van der Waals surface area contributed by atoms with E-state index in [1.54, 1.807) is 23.5 Å². The van der Waals surface area contributed by atoms with Crippen molar-refractivity contribution in [3.8, 4) is 0 Å². The molecule has 0 spiro atoms. The third-order valence-corrected chi connectivity index (χ3v) is 3.27. The molecule has 0 fully saturated rings. The fraction of sp³-hybridized carbons (Fsp3) is 0.231. The maximum absolute atomic E-state index is 11.9. The Bertz CT molecular complexity index is 525. The lowest BCUT2D eigenvalue weighted by atomic mass is 10.1. The van der Waals surface area contributed by atoms with E-state index in [4.69, 9.17) is 5.73 Å². The second-order valence-corrected chi connectivity index (χ2v) is 4.96. The van der Waals surface area contributed by atoms with Crippen LogP contribution in [0.25, 0.3) is 0 Å². The Hall–Kier alpha value is -1.88. The number of nitrogens with one attached hydrogen (secondary N) is 1. The third kappa shape index (κ3) is 3.30. The summed E-state index contributed by atoms with van der Waals surface area (Å²) in [5.41, 5.74) is 7.33. The van der Waals surface area contributed by atoms with Gasteiger partial charge in [0, 0.05) is 17.8 Å². The first kappa shape index (κ1) is 12.6. The number of hydrogen-bond acceptors (Lipinski definition) is 4. The maximum Gasteiger partial charge on any atom is 0.251 e. The monoisotopic (exact) mass is 261 g/mol. The quantitative estimate of drug-likeness (QED) is 0.885. The molecule has 0 bridgehead atoms. The first-order chi connectivity index (χ1) is 8.65. The summed E-state index contributed by atoms with van der Waals surface area (Å²) in [6.07, 6.45) is 2.36. The van der Waals surface area contributed by atoms with E-state index in [0.29, 0.717) is 11.4 Å². The Morgan fingerprint density at radius 2 is 2.39 bits per heavy atom. The fourth-order valence-electron chi connectivity index (χ4n) is 1.71. The smallest absolute Gasteiger partial charge is 0.251 e. The van der Waals surface area contributed by atoms with Gasteiger partial charge in [-0.15, -0.1) is 0 Å². The van der Waals surface area contributed by atoms with Gasteiger partial charge < -0.3 is 11.1 Å². The Morgan fingerprint density at radius 1 is 1.56 bits per heavy atom. The van der Waals surface area contributed by atoms with Crippen molar-refractivity contribution in [3.05, 3.63) is 46.3 Å². The maximum atomic E-state index is 11.9. The van der Waals surface area contributed by atoms with Gasteiger partial charge in [0.1, 0.15) is 5.82 Å². The zero-order valence-electron chi connectivity index (χ0n) is 10.1. The van der Waals surface area contributed by atoms with Crippen molar-refractivity contribution in [3.63, 3.8) is 0 Å². The van der Waals surface area contributed by atoms with Crippen LogP contribution in [0.15, 0.2) is 35.2 Å². The SMILES string of the molecule is CC(Cc1ccsc1)NC(=O)c1ccnc(N)c1. The van der Waals surface area contributed by atoms with E-state index in [2.05, 4.69) is 21.7 Å². The molecule has 1 amide bonds. The molecule has 0 saturated carbocycles. The molecule has 3 N–H and O–H groups in total. The van der Waals surface area contributed by atoms with Gasteiger partial charge in [-0.05, 0) is 47.9 Å². The van der Waals surface area contributed by atoms with Crippen molar-refractivity contribution in [2.45, 2.75) is 19.4 Å². The normalized spacial score (nSPS) is 12.1. The molecule has 0 aliphatic rings. The highest BCUT2D eigenvalue weighted by Crippen LogP contribution is 2.09. The number of nitrogens with zero attached hydrogens (tertiary/aromatic N) is 1. The van der Waals surface area contributed by atoms with Crippen LogP contribution in [0.4, 0.5) is 5.82 Å². The molecule has 0 aliphatic heterocycles. The molecule has 4 nitrogen and oxygen atoms in total. The third-order valence-electron chi connectivity index (χ3n) is 2.54. The van der Waals surface area contributed by atoms with Crippen LogP contribution in [0.3, 0.4) is 0 Å². The number of aromatic nitrogens is 1. The van der Waals surface area contributed by atoms with Crippen molar-refractivity contribution in [1.29, 1.82) is 0 Å². The van der Waals surface area contributed by atoms with E-state index in [1.807, 2.05) is 12.3 Å². The van der Waals surface area contributed by atoms with E-state index < -0.39 is 0 Å². The summed E-state index contributed by atoms with van der Waals surface area (Å²) in [5, 5.41) is 7.07. The molecule has 5 heteroatoms. The van der Waals surface area contributed by atoms with Gasteiger partial charge in [-0.3, -0.25) is 4.79 Å². The summed E-state index contributed by atoms with van der Waals surface area (Å²) in [6, 6.07) is 5.38. The fourth-order valence-corrected chi connectivity index (χ4v) is 2.39. The second-order valence-electron chi connectivity index (χ2n) is 4.18. The standard InChI is InChI=1S/C13H15N3OS/c1-9(6-10-3-5-18-8-10)16-13(17)11-2-4-15-12(14)7-11/h2-5,7-9H,6H2,1H3,(H2,14,15)(H,16,17). The van der Waals surface area contributed by atoms with Crippen LogP contribution < -0.4 is 11.1 Å². The number of thiophene rings is 1. The summed E-state index contributed by atoms with van der Waals surface area (Å²) in [4.78, 5) is 15.8. The summed E-state index contributed by atoms with van der Waals surface area (Å²) < 4.78 is 0. The number of nitrogens with two attached hydrogens (primary N) is 1. The minimum absolute atomic E-state index is 0.0847. The zero-order valence-corrected chi connectivity index (χ0v) is 10.9. The van der Waals surface area contributed by atoms with Crippen LogP contribution in [0.2, 0.25) is 0 Å². The van der Waals surface area contributed by atoms with Gasteiger partial charge in [0.15, 0.2) is 0 Å². The molecular weight excluding hydrogens is 246 g/mol. The lowest BCUT2D eigenvalue weighted by Gasteiger charge is -2.13. The summed E-state index contributed by atoms with van der Waals surface area (Å²) in [5.74, 6) is 0.236. The molecule has 0 saturated heterocycles. The van der Waals surface area contributed by atoms with Crippen molar-refractivity contribution in [1.82, 2.24) is 10.3 Å². The molecule has 2 heterocycles. The molecule has 2 aromatic rings. The van der Waals surface area contributed by atoms with Crippen LogP contribution in [0, 0.1) is 0 Å². The largest absolute Gasteiger partial charge is 0.384 e. The summed E-state index contributed by atoms with van der Waals surface area (Å²) in [7, 11) is 0. The van der Waals surface area contributed by atoms with Crippen LogP contribution in [0.1, 0.15) is 22.8 Å². The van der Waals surface area contributed by atoms with E-state index in [9.17, 15) is 4.79 Å². The Kier molecular flexibility index (Phi) is 3.94. The van der Waals surface area contributed by atoms with E-state index in [0.717, 1.165) is 6.42 Å². The highest BCUT2D eigenvalue weighted by molar-refractivity contribution is 7.07. The molecule has 0 aliphatic carbocycles. The van der Waals surface area contributed by atoms with Gasteiger partial charge in [-0.1, -0.05) is 0 Å². The number of nitrogen functional groups attached to an aromatic ring is 1. The number of rotatable bonds is 4. The van der Waals surface area contributed by atoms with Crippen molar-refractivity contribution < 1.29 is 4.79 Å². The molecule has 0 aromatic carbocycles. The topological polar surface area (TPSA) is 68.0 Å². The van der Waals surface area contributed by atoms with Crippen molar-refractivity contribution >= 4 is 23.1 Å². The number of amides is 1. The molecule has 2 rings (SSSR count). The van der Waals surface area contributed by atoms with Gasteiger partial charge in [0.25, 0.3) is 5.91 Å².